The Balaban J connectivity index is 0.00000176. The van der Waals surface area contributed by atoms with E-state index in [0.717, 1.165) is 35.7 Å². The maximum Gasteiger partial charge on any atom is 0.0958 e. The zero-order valence-electron chi connectivity index (χ0n) is 12.4. The van der Waals surface area contributed by atoms with Gasteiger partial charge in [0.1, 0.15) is 0 Å². The summed E-state index contributed by atoms with van der Waals surface area (Å²) in [4.78, 5) is 4.47. The number of imidazole rings is 1. The molecule has 2 aromatic carbocycles. The van der Waals surface area contributed by atoms with Gasteiger partial charge in [-0.1, -0.05) is 30.7 Å². The van der Waals surface area contributed by atoms with Crippen molar-refractivity contribution in [1.29, 1.82) is 0 Å². The topological polar surface area (TPSA) is 29.9 Å². The Labute approximate surface area is 141 Å². The van der Waals surface area contributed by atoms with Gasteiger partial charge in [-0.3, -0.25) is 0 Å². The lowest BCUT2D eigenvalue weighted by Gasteiger charge is -2.07. The van der Waals surface area contributed by atoms with Gasteiger partial charge in [0.15, 0.2) is 0 Å². The third-order valence-corrected chi connectivity index (χ3v) is 3.75. The van der Waals surface area contributed by atoms with E-state index in [1.165, 1.54) is 11.1 Å². The van der Waals surface area contributed by atoms with Crippen molar-refractivity contribution in [2.45, 2.75) is 26.4 Å². The fraction of sp³-hybridized carbons (Fsp3) is 0.235. The van der Waals surface area contributed by atoms with Crippen LogP contribution in [-0.4, -0.2) is 9.55 Å². The van der Waals surface area contributed by atoms with E-state index in [4.69, 9.17) is 11.6 Å². The highest BCUT2D eigenvalue weighted by molar-refractivity contribution is 6.30. The number of rotatable bonds is 5. The molecule has 0 radical (unpaired) electrons. The van der Waals surface area contributed by atoms with Crippen LogP contribution < -0.4 is 5.32 Å². The SMILES string of the molecule is CCCn1cnc2cc(NCc3ccc(Cl)cc3)ccc21.Cl. The Kier molecular flexibility index (Phi) is 5.69. The summed E-state index contributed by atoms with van der Waals surface area (Å²) in [6, 6.07) is 14.2. The van der Waals surface area contributed by atoms with Crippen LogP contribution in [0.3, 0.4) is 0 Å². The van der Waals surface area contributed by atoms with Crippen LogP contribution in [0.5, 0.6) is 0 Å². The molecule has 0 aliphatic carbocycles. The van der Waals surface area contributed by atoms with Crippen LogP contribution in [-0.2, 0) is 13.1 Å². The van der Waals surface area contributed by atoms with Gasteiger partial charge in [-0.2, -0.15) is 0 Å². The average molecular weight is 336 g/mol. The first-order valence-corrected chi connectivity index (χ1v) is 7.57. The van der Waals surface area contributed by atoms with Gasteiger partial charge < -0.3 is 9.88 Å². The minimum Gasteiger partial charge on any atom is -0.381 e. The molecule has 3 rings (SSSR count). The summed E-state index contributed by atoms with van der Waals surface area (Å²) in [6.07, 6.45) is 3.03. The Morgan fingerprint density at radius 1 is 1.14 bits per heavy atom. The molecule has 3 aromatic rings. The van der Waals surface area contributed by atoms with Gasteiger partial charge in [0.2, 0.25) is 0 Å². The maximum atomic E-state index is 5.89. The highest BCUT2D eigenvalue weighted by Crippen LogP contribution is 2.19. The molecule has 1 heterocycles. The molecule has 0 amide bonds. The predicted octanol–water partition coefficient (Wildman–Crippen LogP) is 5.13. The number of hydrogen-bond donors (Lipinski definition) is 1. The summed E-state index contributed by atoms with van der Waals surface area (Å²) in [6.45, 7) is 3.96. The smallest absolute Gasteiger partial charge is 0.0958 e. The van der Waals surface area contributed by atoms with E-state index >= 15 is 0 Å². The molecule has 0 aliphatic heterocycles. The van der Waals surface area contributed by atoms with E-state index in [0.29, 0.717) is 0 Å². The molecule has 0 fully saturated rings. The van der Waals surface area contributed by atoms with Crippen molar-refractivity contribution < 1.29 is 0 Å². The standard InChI is InChI=1S/C17H18ClN3.ClH/c1-2-9-21-12-20-16-10-15(7-8-17(16)21)19-11-13-3-5-14(18)6-4-13;/h3-8,10,12,19H,2,9,11H2,1H3;1H. The number of aromatic nitrogens is 2. The zero-order chi connectivity index (χ0) is 14.7. The van der Waals surface area contributed by atoms with E-state index in [9.17, 15) is 0 Å². The predicted molar refractivity (Wildman–Crippen MR) is 96.1 cm³/mol. The van der Waals surface area contributed by atoms with Gasteiger partial charge in [-0.15, -0.1) is 12.4 Å². The number of halogens is 2. The largest absolute Gasteiger partial charge is 0.381 e. The van der Waals surface area contributed by atoms with E-state index in [1.807, 2.05) is 30.6 Å². The van der Waals surface area contributed by atoms with Gasteiger partial charge in [-0.05, 0) is 42.3 Å². The molecule has 0 spiro atoms. The highest BCUT2D eigenvalue weighted by Gasteiger charge is 2.03. The Bertz CT molecular complexity index is 735. The number of nitrogens with zero attached hydrogens (tertiary/aromatic N) is 2. The molecular formula is C17H19Cl2N3. The molecule has 116 valence electrons. The number of benzene rings is 2. The molecule has 1 N–H and O–H groups in total. The summed E-state index contributed by atoms with van der Waals surface area (Å²) in [5.41, 5.74) is 4.51. The average Bonchev–Trinajstić information content (AvgIpc) is 2.90. The second-order valence-electron chi connectivity index (χ2n) is 5.12. The van der Waals surface area contributed by atoms with Crippen LogP contribution in [0.25, 0.3) is 11.0 Å². The van der Waals surface area contributed by atoms with Crippen molar-refractivity contribution in [3.63, 3.8) is 0 Å². The number of fused-ring (bicyclic) bond motifs is 1. The minimum absolute atomic E-state index is 0. The first-order valence-electron chi connectivity index (χ1n) is 7.19. The molecule has 5 heteroatoms. The van der Waals surface area contributed by atoms with E-state index < -0.39 is 0 Å². The van der Waals surface area contributed by atoms with Gasteiger partial charge in [0.05, 0.1) is 17.4 Å². The molecule has 0 bridgehead atoms. The number of nitrogens with one attached hydrogen (secondary N) is 1. The summed E-state index contributed by atoms with van der Waals surface area (Å²) in [7, 11) is 0. The fourth-order valence-electron chi connectivity index (χ4n) is 2.40. The summed E-state index contributed by atoms with van der Waals surface area (Å²) < 4.78 is 2.19. The monoisotopic (exact) mass is 335 g/mol. The van der Waals surface area contributed by atoms with Crippen molar-refractivity contribution >= 4 is 40.7 Å². The normalized spacial score (nSPS) is 10.5. The number of anilines is 1. The Hall–Kier alpha value is -1.71. The number of hydrogen-bond acceptors (Lipinski definition) is 2. The third kappa shape index (κ3) is 3.73. The molecule has 0 aliphatic rings. The van der Waals surface area contributed by atoms with Gasteiger partial charge >= 0.3 is 0 Å². The fourth-order valence-corrected chi connectivity index (χ4v) is 2.53. The van der Waals surface area contributed by atoms with Gasteiger partial charge in [0.25, 0.3) is 0 Å². The third-order valence-electron chi connectivity index (χ3n) is 3.50. The second-order valence-corrected chi connectivity index (χ2v) is 5.56. The summed E-state index contributed by atoms with van der Waals surface area (Å²) in [5.74, 6) is 0. The zero-order valence-corrected chi connectivity index (χ0v) is 14.0. The van der Waals surface area contributed by atoms with E-state index in [-0.39, 0.29) is 12.4 Å². The van der Waals surface area contributed by atoms with Crippen LogP contribution in [0, 0.1) is 0 Å². The molecule has 3 nitrogen and oxygen atoms in total. The van der Waals surface area contributed by atoms with Crippen molar-refractivity contribution in [3.8, 4) is 0 Å². The van der Waals surface area contributed by atoms with Crippen LogP contribution in [0.4, 0.5) is 5.69 Å². The van der Waals surface area contributed by atoms with Crippen molar-refractivity contribution in [1.82, 2.24) is 9.55 Å². The van der Waals surface area contributed by atoms with Crippen LogP contribution in [0.2, 0.25) is 5.02 Å². The Morgan fingerprint density at radius 2 is 1.91 bits per heavy atom. The molecule has 0 saturated heterocycles. The van der Waals surface area contributed by atoms with E-state index in [1.54, 1.807) is 0 Å². The lowest BCUT2D eigenvalue weighted by atomic mass is 10.2. The molecule has 22 heavy (non-hydrogen) atoms. The number of aryl methyl sites for hydroxylation is 1. The van der Waals surface area contributed by atoms with E-state index in [2.05, 4.69) is 40.0 Å². The first kappa shape index (κ1) is 16.7. The summed E-state index contributed by atoms with van der Waals surface area (Å²) >= 11 is 5.89. The molecule has 0 unspecified atom stereocenters. The lowest BCUT2D eigenvalue weighted by Crippen LogP contribution is -1.99. The quantitative estimate of drug-likeness (QED) is 0.700. The maximum absolute atomic E-state index is 5.89. The molecule has 1 aromatic heterocycles. The lowest BCUT2D eigenvalue weighted by molar-refractivity contribution is 0.697. The van der Waals surface area contributed by atoms with Gasteiger partial charge in [-0.25, -0.2) is 4.98 Å². The molecule has 0 saturated carbocycles. The second kappa shape index (κ2) is 7.52. The van der Waals surface area contributed by atoms with Crippen LogP contribution in [0.1, 0.15) is 18.9 Å². The highest BCUT2D eigenvalue weighted by atomic mass is 35.5. The van der Waals surface area contributed by atoms with Crippen molar-refractivity contribution in [2.75, 3.05) is 5.32 Å². The van der Waals surface area contributed by atoms with Crippen LogP contribution >= 0.6 is 24.0 Å². The summed E-state index contributed by atoms with van der Waals surface area (Å²) in [5, 5.41) is 4.19. The van der Waals surface area contributed by atoms with Gasteiger partial charge in [0, 0.05) is 23.8 Å². The Morgan fingerprint density at radius 3 is 2.64 bits per heavy atom. The van der Waals surface area contributed by atoms with Crippen molar-refractivity contribution in [2.24, 2.45) is 0 Å². The molecule has 0 atom stereocenters. The van der Waals surface area contributed by atoms with Crippen LogP contribution in [0.15, 0.2) is 48.8 Å². The first-order chi connectivity index (χ1) is 10.3. The van der Waals surface area contributed by atoms with Crippen molar-refractivity contribution in [3.05, 3.63) is 59.4 Å². The molecular weight excluding hydrogens is 317 g/mol. The minimum atomic E-state index is 0.